The number of hydrogen-bond donors (Lipinski definition) is 1. The van der Waals surface area contributed by atoms with Crippen molar-refractivity contribution in [3.05, 3.63) is 81.0 Å². The van der Waals surface area contributed by atoms with Gasteiger partial charge in [0.1, 0.15) is 6.33 Å². The van der Waals surface area contributed by atoms with E-state index in [1.54, 1.807) is 54.3 Å². The molecule has 3 aromatic rings. The molecule has 8 heteroatoms. The van der Waals surface area contributed by atoms with Crippen molar-refractivity contribution in [1.82, 2.24) is 19.5 Å². The average molecular weight is 368 g/mol. The third-order valence-electron chi connectivity index (χ3n) is 3.66. The maximum Gasteiger partial charge on any atom is 0.338 e. The molecule has 1 N–H and O–H groups in total. The smallest absolute Gasteiger partial charge is 0.338 e. The molecular weight excluding hydrogens is 352 g/mol. The molecule has 1 aromatic carbocycles. The fourth-order valence-corrected chi connectivity index (χ4v) is 2.72. The van der Waals surface area contributed by atoms with Crippen LogP contribution in [0.2, 0.25) is 0 Å². The molecule has 7 nitrogen and oxygen atoms in total. The van der Waals surface area contributed by atoms with Gasteiger partial charge in [-0.05, 0) is 42.9 Å². The Morgan fingerprint density at radius 1 is 1.31 bits per heavy atom. The monoisotopic (exact) mass is 368 g/mol. The van der Waals surface area contributed by atoms with Gasteiger partial charge in [-0.2, -0.15) is 0 Å². The summed E-state index contributed by atoms with van der Waals surface area (Å²) < 4.78 is 6.92. The van der Waals surface area contributed by atoms with Gasteiger partial charge in [0, 0.05) is 36.3 Å². The highest BCUT2D eigenvalue weighted by Crippen LogP contribution is 2.13. The predicted molar refractivity (Wildman–Crippen MR) is 98.0 cm³/mol. The lowest BCUT2D eigenvalue weighted by Crippen LogP contribution is -2.18. The van der Waals surface area contributed by atoms with Crippen LogP contribution in [0.15, 0.2) is 54.0 Å². The van der Waals surface area contributed by atoms with E-state index in [2.05, 4.69) is 15.0 Å². The first-order valence-corrected chi connectivity index (χ1v) is 8.35. The minimum Gasteiger partial charge on any atom is -0.462 e. The Labute approximate surface area is 154 Å². The lowest BCUT2D eigenvalue weighted by Gasteiger charge is -2.10. The van der Waals surface area contributed by atoms with Gasteiger partial charge in [0.2, 0.25) is 0 Å². The summed E-state index contributed by atoms with van der Waals surface area (Å²) in [5.74, 6) is -0.410. The van der Waals surface area contributed by atoms with Crippen molar-refractivity contribution in [3.63, 3.8) is 0 Å². The van der Waals surface area contributed by atoms with E-state index in [0.29, 0.717) is 29.8 Å². The second-order valence-electron chi connectivity index (χ2n) is 5.48. The number of nitrogens with zero attached hydrogens (tertiary/aromatic N) is 3. The van der Waals surface area contributed by atoms with Crippen molar-refractivity contribution < 1.29 is 9.53 Å². The van der Waals surface area contributed by atoms with Gasteiger partial charge in [-0.25, -0.2) is 14.8 Å². The molecular formula is C18H16N4O3S. The topological polar surface area (TPSA) is 89.9 Å². The van der Waals surface area contributed by atoms with Crippen molar-refractivity contribution in [2.45, 2.75) is 13.3 Å². The molecule has 0 saturated heterocycles. The predicted octanol–water partition coefficient (Wildman–Crippen LogP) is 2.45. The summed E-state index contributed by atoms with van der Waals surface area (Å²) in [7, 11) is 0. The molecule has 0 unspecified atom stereocenters. The van der Waals surface area contributed by atoms with E-state index in [1.165, 1.54) is 6.33 Å². The molecule has 26 heavy (non-hydrogen) atoms. The Morgan fingerprint density at radius 3 is 2.81 bits per heavy atom. The van der Waals surface area contributed by atoms with Gasteiger partial charge in [0.25, 0.3) is 5.56 Å². The molecule has 0 fully saturated rings. The molecule has 0 saturated carbocycles. The van der Waals surface area contributed by atoms with E-state index in [-0.39, 0.29) is 10.3 Å². The molecule has 2 heterocycles. The molecule has 0 bridgehead atoms. The van der Waals surface area contributed by atoms with Crippen molar-refractivity contribution >= 4 is 18.2 Å². The number of ether oxygens (including phenoxy) is 1. The zero-order valence-electron chi connectivity index (χ0n) is 14.0. The fraction of sp³-hybridized carbons (Fsp3) is 0.167. The highest BCUT2D eigenvalue weighted by Gasteiger charge is 2.10. The van der Waals surface area contributed by atoms with Crippen LogP contribution >= 0.6 is 12.2 Å². The largest absolute Gasteiger partial charge is 0.462 e. The van der Waals surface area contributed by atoms with Crippen LogP contribution in [-0.2, 0) is 11.2 Å². The minimum absolute atomic E-state index is 0.240. The molecule has 0 radical (unpaired) electrons. The standard InChI is InChI=1S/C18H16N4O3S/c1-2-25-17(24)13-4-3-5-15(7-13)22-10-14(16(23)21-18(22)26)6-12-8-19-11-20-9-12/h3-5,7-11H,2,6H2,1H3,(H,21,23,26). The van der Waals surface area contributed by atoms with Gasteiger partial charge >= 0.3 is 5.97 Å². The van der Waals surface area contributed by atoms with E-state index in [9.17, 15) is 9.59 Å². The summed E-state index contributed by atoms with van der Waals surface area (Å²) in [4.78, 5) is 34.8. The molecule has 2 aromatic heterocycles. The third kappa shape index (κ3) is 3.92. The van der Waals surface area contributed by atoms with E-state index in [4.69, 9.17) is 17.0 Å². The van der Waals surface area contributed by atoms with Crippen molar-refractivity contribution in [2.75, 3.05) is 6.61 Å². The van der Waals surface area contributed by atoms with Crippen LogP contribution < -0.4 is 5.56 Å². The van der Waals surface area contributed by atoms with Gasteiger partial charge in [-0.1, -0.05) is 6.07 Å². The van der Waals surface area contributed by atoms with Gasteiger partial charge < -0.3 is 4.74 Å². The van der Waals surface area contributed by atoms with E-state index in [1.807, 2.05) is 0 Å². The number of carbonyl (C=O) groups is 1. The van der Waals surface area contributed by atoms with Crippen LogP contribution in [0, 0.1) is 4.77 Å². The van der Waals surface area contributed by atoms with E-state index < -0.39 is 5.97 Å². The number of aromatic nitrogens is 4. The van der Waals surface area contributed by atoms with Crippen LogP contribution in [0.25, 0.3) is 5.69 Å². The summed E-state index contributed by atoms with van der Waals surface area (Å²) in [6, 6.07) is 6.87. The summed E-state index contributed by atoms with van der Waals surface area (Å²) in [6.45, 7) is 2.05. The number of rotatable bonds is 5. The highest BCUT2D eigenvalue weighted by atomic mass is 32.1. The van der Waals surface area contributed by atoms with Crippen LogP contribution in [-0.4, -0.2) is 32.1 Å². The van der Waals surface area contributed by atoms with Crippen LogP contribution in [0.5, 0.6) is 0 Å². The number of esters is 1. The number of aromatic amines is 1. The lowest BCUT2D eigenvalue weighted by molar-refractivity contribution is 0.0526. The normalized spacial score (nSPS) is 10.5. The first-order valence-electron chi connectivity index (χ1n) is 7.94. The number of carbonyl (C=O) groups excluding carboxylic acids is 1. The SMILES string of the molecule is CCOC(=O)c1cccc(-n2cc(Cc3cncnc3)c(=O)[nH]c2=S)c1. The molecule has 132 valence electrons. The third-order valence-corrected chi connectivity index (χ3v) is 3.96. The molecule has 0 atom stereocenters. The van der Waals surface area contributed by atoms with Gasteiger partial charge in [-0.3, -0.25) is 14.3 Å². The Kier molecular flexibility index (Phi) is 5.33. The molecule has 0 aliphatic heterocycles. The Hall–Kier alpha value is -3.13. The number of hydrogen-bond acceptors (Lipinski definition) is 6. The lowest BCUT2D eigenvalue weighted by atomic mass is 10.1. The summed E-state index contributed by atoms with van der Waals surface area (Å²) in [6.07, 6.45) is 6.77. The molecule has 0 spiro atoms. The summed E-state index contributed by atoms with van der Waals surface area (Å²) in [5.41, 5.74) is 2.12. The zero-order valence-corrected chi connectivity index (χ0v) is 14.8. The highest BCUT2D eigenvalue weighted by molar-refractivity contribution is 7.71. The first kappa shape index (κ1) is 17.7. The van der Waals surface area contributed by atoms with E-state index in [0.717, 1.165) is 5.56 Å². The summed E-state index contributed by atoms with van der Waals surface area (Å²) in [5, 5.41) is 0. The van der Waals surface area contributed by atoms with Crippen molar-refractivity contribution in [1.29, 1.82) is 0 Å². The van der Waals surface area contributed by atoms with Gasteiger partial charge in [0.05, 0.1) is 12.2 Å². The second-order valence-corrected chi connectivity index (χ2v) is 5.86. The molecule has 0 amide bonds. The number of nitrogens with one attached hydrogen (secondary N) is 1. The van der Waals surface area contributed by atoms with Crippen LogP contribution in [0.3, 0.4) is 0 Å². The minimum atomic E-state index is -0.410. The number of benzene rings is 1. The maximum atomic E-state index is 12.2. The van der Waals surface area contributed by atoms with Crippen LogP contribution in [0.1, 0.15) is 28.4 Å². The maximum absolute atomic E-state index is 12.2. The van der Waals surface area contributed by atoms with Crippen molar-refractivity contribution in [3.8, 4) is 5.69 Å². The van der Waals surface area contributed by atoms with Gasteiger partial charge in [0.15, 0.2) is 4.77 Å². The fourth-order valence-electron chi connectivity index (χ4n) is 2.47. The zero-order chi connectivity index (χ0) is 18.5. The Morgan fingerprint density at radius 2 is 2.08 bits per heavy atom. The quantitative estimate of drug-likeness (QED) is 0.550. The Bertz CT molecular complexity index is 1040. The molecule has 0 aliphatic carbocycles. The Balaban J connectivity index is 2.02. The number of H-pyrrole nitrogens is 1. The van der Waals surface area contributed by atoms with Gasteiger partial charge in [-0.15, -0.1) is 0 Å². The average Bonchev–Trinajstić information content (AvgIpc) is 2.65. The van der Waals surface area contributed by atoms with E-state index >= 15 is 0 Å². The summed E-state index contributed by atoms with van der Waals surface area (Å²) >= 11 is 5.27. The van der Waals surface area contributed by atoms with Crippen LogP contribution in [0.4, 0.5) is 0 Å². The second kappa shape index (κ2) is 7.83. The molecule has 0 aliphatic rings. The first-order chi connectivity index (χ1) is 12.6. The molecule has 3 rings (SSSR count). The van der Waals surface area contributed by atoms with Crippen molar-refractivity contribution in [2.24, 2.45) is 0 Å².